The molecule has 7 heteroatoms. The van der Waals surface area contributed by atoms with Gasteiger partial charge in [-0.3, -0.25) is 4.79 Å². The molecule has 3 aromatic rings. The average molecular weight is 360 g/mol. The Bertz CT molecular complexity index is 853. The Kier molecular flexibility index (Phi) is 5.35. The van der Waals surface area contributed by atoms with Crippen LogP contribution in [-0.4, -0.2) is 17.5 Å². The van der Waals surface area contributed by atoms with Crippen molar-refractivity contribution in [2.75, 3.05) is 0 Å². The summed E-state index contributed by atoms with van der Waals surface area (Å²) in [5.41, 5.74) is 1.76. The Morgan fingerprint density at radius 3 is 2.60 bits per heavy atom. The van der Waals surface area contributed by atoms with E-state index in [1.807, 2.05) is 35.7 Å². The molecule has 0 fully saturated rings. The van der Waals surface area contributed by atoms with Gasteiger partial charge in [0.1, 0.15) is 10.8 Å². The molecule has 0 atom stereocenters. The van der Waals surface area contributed by atoms with Gasteiger partial charge in [0.25, 0.3) is 5.91 Å². The van der Waals surface area contributed by atoms with Crippen LogP contribution in [0, 0.1) is 0 Å². The van der Waals surface area contributed by atoms with Gasteiger partial charge in [-0.15, -0.1) is 11.3 Å². The van der Waals surface area contributed by atoms with E-state index in [2.05, 4.69) is 15.0 Å². The van der Waals surface area contributed by atoms with Crippen molar-refractivity contribution in [3.8, 4) is 16.3 Å². The molecule has 128 valence electrons. The minimum atomic E-state index is -2.99. The van der Waals surface area contributed by atoms with E-state index in [1.165, 1.54) is 29.5 Å². The maximum absolute atomic E-state index is 12.4. The van der Waals surface area contributed by atoms with Gasteiger partial charge in [0, 0.05) is 10.9 Å². The molecule has 0 aliphatic rings. The van der Waals surface area contributed by atoms with Crippen LogP contribution >= 0.6 is 11.3 Å². The van der Waals surface area contributed by atoms with E-state index in [1.54, 1.807) is 6.07 Å². The lowest BCUT2D eigenvalue weighted by molar-refractivity contribution is -0.0501. The number of benzene rings is 2. The Labute approximate surface area is 147 Å². The quantitative estimate of drug-likeness (QED) is 0.711. The van der Waals surface area contributed by atoms with E-state index in [4.69, 9.17) is 0 Å². The predicted molar refractivity (Wildman–Crippen MR) is 91.8 cm³/mol. The number of carbonyl (C=O) groups excluding carboxylic acids is 1. The average Bonchev–Trinajstić information content (AvgIpc) is 3.09. The van der Waals surface area contributed by atoms with Gasteiger partial charge in [-0.25, -0.2) is 4.98 Å². The van der Waals surface area contributed by atoms with Crippen LogP contribution in [0.25, 0.3) is 10.6 Å². The second kappa shape index (κ2) is 7.85. The van der Waals surface area contributed by atoms with Gasteiger partial charge < -0.3 is 10.1 Å². The van der Waals surface area contributed by atoms with Gasteiger partial charge in [0.15, 0.2) is 0 Å². The normalized spacial score (nSPS) is 10.7. The number of aromatic nitrogens is 1. The second-order valence-corrected chi connectivity index (χ2v) is 5.93. The van der Waals surface area contributed by atoms with Crippen LogP contribution in [0.15, 0.2) is 60.0 Å². The van der Waals surface area contributed by atoms with Crippen LogP contribution in [0.2, 0.25) is 0 Å². The molecule has 1 amide bonds. The van der Waals surface area contributed by atoms with E-state index in [0.29, 0.717) is 5.69 Å². The highest BCUT2D eigenvalue weighted by atomic mass is 32.1. The van der Waals surface area contributed by atoms with E-state index in [0.717, 1.165) is 10.6 Å². The first-order chi connectivity index (χ1) is 12.1. The molecule has 0 radical (unpaired) electrons. The van der Waals surface area contributed by atoms with Crippen LogP contribution in [0.4, 0.5) is 8.78 Å². The molecule has 0 bridgehead atoms. The molecule has 0 unspecified atom stereocenters. The molecular formula is C18H14F2N2O2S. The summed E-state index contributed by atoms with van der Waals surface area (Å²) in [6, 6.07) is 15.6. The van der Waals surface area contributed by atoms with Crippen molar-refractivity contribution in [1.82, 2.24) is 10.3 Å². The Balaban J connectivity index is 1.66. The van der Waals surface area contributed by atoms with Crippen molar-refractivity contribution in [1.29, 1.82) is 0 Å². The molecule has 0 aliphatic heterocycles. The smallest absolute Gasteiger partial charge is 0.387 e. The van der Waals surface area contributed by atoms with Gasteiger partial charge >= 0.3 is 6.61 Å². The van der Waals surface area contributed by atoms with Crippen molar-refractivity contribution in [2.24, 2.45) is 0 Å². The number of halogens is 2. The number of hydrogen-bond acceptors (Lipinski definition) is 4. The number of ether oxygens (including phenoxy) is 1. The summed E-state index contributed by atoms with van der Waals surface area (Å²) in [6.45, 7) is -2.79. The van der Waals surface area contributed by atoms with Crippen LogP contribution in [0.1, 0.15) is 16.1 Å². The molecule has 25 heavy (non-hydrogen) atoms. The summed E-state index contributed by atoms with van der Waals surface area (Å²) in [5.74, 6) is -0.649. The Morgan fingerprint density at radius 2 is 1.84 bits per heavy atom. The van der Waals surface area contributed by atoms with Gasteiger partial charge in [0.05, 0.1) is 17.8 Å². The zero-order valence-corrected chi connectivity index (χ0v) is 13.8. The lowest BCUT2D eigenvalue weighted by atomic mass is 10.2. The van der Waals surface area contributed by atoms with Gasteiger partial charge in [-0.2, -0.15) is 8.78 Å². The molecule has 3 rings (SSSR count). The van der Waals surface area contributed by atoms with Crippen LogP contribution in [0.3, 0.4) is 0 Å². The number of nitrogens with zero attached hydrogens (tertiary/aromatic N) is 1. The first kappa shape index (κ1) is 17.0. The van der Waals surface area contributed by atoms with E-state index in [-0.39, 0.29) is 17.9 Å². The van der Waals surface area contributed by atoms with E-state index in [9.17, 15) is 13.6 Å². The third-order valence-electron chi connectivity index (χ3n) is 3.35. The summed E-state index contributed by atoms with van der Waals surface area (Å²) in [4.78, 5) is 16.7. The molecule has 2 aromatic carbocycles. The molecule has 0 spiro atoms. The fourth-order valence-corrected chi connectivity index (χ4v) is 3.05. The minimum Gasteiger partial charge on any atom is -0.434 e. The number of hydrogen-bond donors (Lipinski definition) is 1. The molecule has 1 heterocycles. The lowest BCUT2D eigenvalue weighted by Crippen LogP contribution is -2.24. The molecule has 4 nitrogen and oxygen atoms in total. The first-order valence-corrected chi connectivity index (χ1v) is 8.33. The summed E-state index contributed by atoms with van der Waals surface area (Å²) >= 11 is 1.48. The number of thiazole rings is 1. The van der Waals surface area contributed by atoms with Crippen molar-refractivity contribution in [3.05, 3.63) is 71.2 Å². The molecule has 0 aliphatic carbocycles. The van der Waals surface area contributed by atoms with Crippen molar-refractivity contribution in [2.45, 2.75) is 13.2 Å². The minimum absolute atomic E-state index is 0.0568. The third kappa shape index (κ3) is 4.39. The second-order valence-electron chi connectivity index (χ2n) is 5.07. The number of para-hydroxylation sites is 1. The Hall–Kier alpha value is -2.80. The van der Waals surface area contributed by atoms with Crippen molar-refractivity contribution >= 4 is 17.2 Å². The van der Waals surface area contributed by atoms with E-state index < -0.39 is 12.5 Å². The first-order valence-electron chi connectivity index (χ1n) is 7.45. The highest BCUT2D eigenvalue weighted by Gasteiger charge is 2.15. The number of amides is 1. The van der Waals surface area contributed by atoms with Crippen molar-refractivity contribution in [3.63, 3.8) is 0 Å². The lowest BCUT2D eigenvalue weighted by Gasteiger charge is -2.10. The number of nitrogens with one attached hydrogen (secondary N) is 1. The molecule has 0 saturated carbocycles. The van der Waals surface area contributed by atoms with Crippen LogP contribution in [0.5, 0.6) is 5.75 Å². The van der Waals surface area contributed by atoms with E-state index >= 15 is 0 Å². The molecule has 1 aromatic heterocycles. The van der Waals surface area contributed by atoms with Crippen LogP contribution in [-0.2, 0) is 6.54 Å². The third-order valence-corrected chi connectivity index (χ3v) is 4.29. The summed E-state index contributed by atoms with van der Waals surface area (Å²) in [6.07, 6.45) is 0. The fourth-order valence-electron chi connectivity index (χ4n) is 2.22. The largest absolute Gasteiger partial charge is 0.434 e. The van der Waals surface area contributed by atoms with Crippen molar-refractivity contribution < 1.29 is 18.3 Å². The standard InChI is InChI=1S/C18H14F2N2O2S/c19-18(20)24-15-9-5-4-8-14(15)16(23)21-10-13-11-25-17(22-13)12-6-2-1-3-7-12/h1-9,11,18H,10H2,(H,21,23). The topological polar surface area (TPSA) is 51.2 Å². The summed E-state index contributed by atoms with van der Waals surface area (Å²) in [5, 5.41) is 5.38. The molecule has 1 N–H and O–H groups in total. The summed E-state index contributed by atoms with van der Waals surface area (Å²) < 4.78 is 29.2. The SMILES string of the molecule is O=C(NCc1csc(-c2ccccc2)n1)c1ccccc1OC(F)F. The number of rotatable bonds is 6. The maximum atomic E-state index is 12.4. The predicted octanol–water partition coefficient (Wildman–Crippen LogP) is 4.34. The zero-order chi connectivity index (χ0) is 17.6. The Morgan fingerprint density at radius 1 is 1.12 bits per heavy atom. The maximum Gasteiger partial charge on any atom is 0.387 e. The van der Waals surface area contributed by atoms with Gasteiger partial charge in [0.2, 0.25) is 0 Å². The number of alkyl halides is 2. The highest BCUT2D eigenvalue weighted by Crippen LogP contribution is 2.24. The van der Waals surface area contributed by atoms with Gasteiger partial charge in [-0.1, -0.05) is 42.5 Å². The summed E-state index contributed by atoms with van der Waals surface area (Å²) in [7, 11) is 0. The number of carbonyl (C=O) groups is 1. The highest BCUT2D eigenvalue weighted by molar-refractivity contribution is 7.13. The van der Waals surface area contributed by atoms with Gasteiger partial charge in [-0.05, 0) is 12.1 Å². The molecule has 0 saturated heterocycles. The van der Waals surface area contributed by atoms with Crippen LogP contribution < -0.4 is 10.1 Å². The fraction of sp³-hybridized carbons (Fsp3) is 0.111. The molecular weight excluding hydrogens is 346 g/mol. The monoisotopic (exact) mass is 360 g/mol. The zero-order valence-electron chi connectivity index (χ0n) is 13.0.